The number of pyridine rings is 1. The van der Waals surface area contributed by atoms with Gasteiger partial charge >= 0.3 is 0 Å². The predicted molar refractivity (Wildman–Crippen MR) is 79.9 cm³/mol. The van der Waals surface area contributed by atoms with Crippen molar-refractivity contribution in [1.82, 2.24) is 9.88 Å². The highest BCUT2D eigenvalue weighted by Gasteiger charge is 2.35. The maximum atomic E-state index is 6.14. The smallest absolute Gasteiger partial charge is 0.0547 e. The molecule has 19 heavy (non-hydrogen) atoms. The number of aryl methyl sites for hydroxylation is 1. The fourth-order valence-corrected chi connectivity index (χ4v) is 3.36. The van der Waals surface area contributed by atoms with Gasteiger partial charge in [0.1, 0.15) is 0 Å². The van der Waals surface area contributed by atoms with Gasteiger partial charge in [-0.05, 0) is 38.4 Å². The quantitative estimate of drug-likeness (QED) is 0.886. The van der Waals surface area contributed by atoms with Crippen LogP contribution in [0.1, 0.15) is 50.4 Å². The second-order valence-corrected chi connectivity index (χ2v) is 5.77. The van der Waals surface area contributed by atoms with E-state index in [9.17, 15) is 0 Å². The van der Waals surface area contributed by atoms with Crippen molar-refractivity contribution in [2.24, 2.45) is 5.73 Å². The fraction of sp³-hybridized carbons (Fsp3) is 0.688. The van der Waals surface area contributed by atoms with E-state index in [0.29, 0.717) is 0 Å². The van der Waals surface area contributed by atoms with Gasteiger partial charge in [0.05, 0.1) is 5.69 Å². The van der Waals surface area contributed by atoms with Gasteiger partial charge in [-0.3, -0.25) is 9.88 Å². The summed E-state index contributed by atoms with van der Waals surface area (Å²) in [5.41, 5.74) is 8.61. The van der Waals surface area contributed by atoms with Crippen molar-refractivity contribution in [2.75, 3.05) is 13.1 Å². The van der Waals surface area contributed by atoms with Crippen molar-refractivity contribution in [3.8, 4) is 0 Å². The molecule has 0 unspecified atom stereocenters. The highest BCUT2D eigenvalue weighted by molar-refractivity contribution is 5.10. The summed E-state index contributed by atoms with van der Waals surface area (Å²) in [4.78, 5) is 7.19. The summed E-state index contributed by atoms with van der Waals surface area (Å²) in [6.45, 7) is 7.04. The van der Waals surface area contributed by atoms with Crippen LogP contribution in [0.3, 0.4) is 0 Å². The molecular weight excluding hydrogens is 234 g/mol. The molecule has 3 heteroatoms. The van der Waals surface area contributed by atoms with Crippen molar-refractivity contribution in [3.63, 3.8) is 0 Å². The van der Waals surface area contributed by atoms with Gasteiger partial charge in [0.2, 0.25) is 0 Å². The zero-order valence-corrected chi connectivity index (χ0v) is 12.4. The standard InChI is InChI=1S/C16H27N3/c1-3-19(12-15-9-7-8-14(2)18-15)16(13-17)10-5-4-6-11-16/h7-9H,3-6,10-13,17H2,1-2H3. The Morgan fingerprint density at radius 1 is 1.26 bits per heavy atom. The van der Waals surface area contributed by atoms with Gasteiger partial charge in [-0.25, -0.2) is 0 Å². The molecule has 1 aliphatic rings. The number of nitrogens with zero attached hydrogens (tertiary/aromatic N) is 2. The fourth-order valence-electron chi connectivity index (χ4n) is 3.36. The first kappa shape index (κ1) is 14.5. The Morgan fingerprint density at radius 2 is 2.00 bits per heavy atom. The maximum absolute atomic E-state index is 6.14. The third kappa shape index (κ3) is 3.34. The predicted octanol–water partition coefficient (Wildman–Crippen LogP) is 2.87. The van der Waals surface area contributed by atoms with E-state index in [1.807, 2.05) is 0 Å². The molecule has 2 rings (SSSR count). The first-order valence-electron chi connectivity index (χ1n) is 7.58. The Labute approximate surface area is 117 Å². The summed E-state index contributed by atoms with van der Waals surface area (Å²) in [6, 6.07) is 6.28. The molecule has 0 atom stereocenters. The molecule has 3 nitrogen and oxygen atoms in total. The molecular formula is C16H27N3. The molecule has 1 aliphatic carbocycles. The molecule has 2 N–H and O–H groups in total. The molecule has 106 valence electrons. The second kappa shape index (κ2) is 6.49. The van der Waals surface area contributed by atoms with Gasteiger partial charge < -0.3 is 5.73 Å². The van der Waals surface area contributed by atoms with Crippen LogP contribution in [0.25, 0.3) is 0 Å². The molecule has 1 aromatic heterocycles. The number of rotatable bonds is 5. The summed E-state index contributed by atoms with van der Waals surface area (Å²) >= 11 is 0. The van der Waals surface area contributed by atoms with E-state index >= 15 is 0 Å². The molecule has 0 saturated heterocycles. The van der Waals surface area contributed by atoms with Gasteiger partial charge in [0, 0.05) is 24.3 Å². The molecule has 0 radical (unpaired) electrons. The largest absolute Gasteiger partial charge is 0.329 e. The summed E-state index contributed by atoms with van der Waals surface area (Å²) in [5.74, 6) is 0. The van der Waals surface area contributed by atoms with Crippen LogP contribution in [0.2, 0.25) is 0 Å². The monoisotopic (exact) mass is 261 g/mol. The van der Waals surface area contributed by atoms with Crippen LogP contribution in [0.5, 0.6) is 0 Å². The summed E-state index contributed by atoms with van der Waals surface area (Å²) in [5, 5.41) is 0. The molecule has 1 aromatic rings. The molecule has 0 bridgehead atoms. The molecule has 1 saturated carbocycles. The average Bonchev–Trinajstić information content (AvgIpc) is 2.45. The zero-order chi connectivity index (χ0) is 13.7. The Kier molecular flexibility index (Phi) is 4.94. The van der Waals surface area contributed by atoms with Gasteiger partial charge in [0.25, 0.3) is 0 Å². The van der Waals surface area contributed by atoms with Crippen LogP contribution in [-0.4, -0.2) is 28.5 Å². The van der Waals surface area contributed by atoms with Gasteiger partial charge in [-0.15, -0.1) is 0 Å². The third-order valence-electron chi connectivity index (χ3n) is 4.52. The van der Waals surface area contributed by atoms with Crippen molar-refractivity contribution >= 4 is 0 Å². The Balaban J connectivity index is 2.14. The first-order chi connectivity index (χ1) is 9.20. The third-order valence-corrected chi connectivity index (χ3v) is 4.52. The summed E-state index contributed by atoms with van der Waals surface area (Å²) < 4.78 is 0. The lowest BCUT2D eigenvalue weighted by Gasteiger charge is -2.45. The topological polar surface area (TPSA) is 42.2 Å². The normalized spacial score (nSPS) is 18.7. The van der Waals surface area contributed by atoms with Crippen molar-refractivity contribution in [3.05, 3.63) is 29.6 Å². The van der Waals surface area contributed by atoms with Crippen molar-refractivity contribution < 1.29 is 0 Å². The van der Waals surface area contributed by atoms with Gasteiger partial charge in [-0.2, -0.15) is 0 Å². The molecule has 0 spiro atoms. The highest BCUT2D eigenvalue weighted by atomic mass is 15.2. The van der Waals surface area contributed by atoms with E-state index < -0.39 is 0 Å². The number of hydrogen-bond donors (Lipinski definition) is 1. The molecule has 0 aromatic carbocycles. The summed E-state index contributed by atoms with van der Waals surface area (Å²) in [6.07, 6.45) is 6.47. The minimum atomic E-state index is 0.207. The van der Waals surface area contributed by atoms with Crippen LogP contribution in [0.15, 0.2) is 18.2 Å². The maximum Gasteiger partial charge on any atom is 0.0547 e. The number of likely N-dealkylation sites (N-methyl/N-ethyl adjacent to an activating group) is 1. The molecule has 1 heterocycles. The molecule has 0 aliphatic heterocycles. The van der Waals surface area contributed by atoms with Crippen LogP contribution in [0, 0.1) is 6.92 Å². The Bertz CT molecular complexity index is 397. The van der Waals surface area contributed by atoms with Gasteiger partial charge in [0.15, 0.2) is 0 Å². The van der Waals surface area contributed by atoms with Crippen molar-refractivity contribution in [2.45, 2.75) is 58.0 Å². The van der Waals surface area contributed by atoms with E-state index in [1.54, 1.807) is 0 Å². The Hall–Kier alpha value is -0.930. The zero-order valence-electron chi connectivity index (χ0n) is 12.4. The minimum Gasteiger partial charge on any atom is -0.329 e. The van der Waals surface area contributed by atoms with E-state index in [0.717, 1.165) is 25.3 Å². The van der Waals surface area contributed by atoms with E-state index in [-0.39, 0.29) is 5.54 Å². The lowest BCUT2D eigenvalue weighted by molar-refractivity contribution is 0.0535. The first-order valence-corrected chi connectivity index (χ1v) is 7.58. The van der Waals surface area contributed by atoms with E-state index in [2.05, 4.69) is 41.9 Å². The van der Waals surface area contributed by atoms with Crippen molar-refractivity contribution in [1.29, 1.82) is 0 Å². The number of aromatic nitrogens is 1. The molecule has 0 amide bonds. The summed E-state index contributed by atoms with van der Waals surface area (Å²) in [7, 11) is 0. The lowest BCUT2D eigenvalue weighted by atomic mass is 9.80. The Morgan fingerprint density at radius 3 is 2.58 bits per heavy atom. The average molecular weight is 261 g/mol. The van der Waals surface area contributed by atoms with Crippen LogP contribution in [-0.2, 0) is 6.54 Å². The number of nitrogens with two attached hydrogens (primary N) is 1. The molecule has 1 fully saturated rings. The van der Waals surface area contributed by atoms with E-state index in [1.165, 1.54) is 37.8 Å². The number of hydrogen-bond acceptors (Lipinski definition) is 3. The van der Waals surface area contributed by atoms with Crippen LogP contribution < -0.4 is 5.73 Å². The highest BCUT2D eigenvalue weighted by Crippen LogP contribution is 2.33. The lowest BCUT2D eigenvalue weighted by Crippen LogP contribution is -2.54. The minimum absolute atomic E-state index is 0.207. The van der Waals surface area contributed by atoms with Crippen LogP contribution in [0.4, 0.5) is 0 Å². The van der Waals surface area contributed by atoms with Gasteiger partial charge in [-0.1, -0.05) is 32.3 Å². The second-order valence-electron chi connectivity index (χ2n) is 5.77. The van der Waals surface area contributed by atoms with E-state index in [4.69, 9.17) is 5.73 Å². The SMILES string of the molecule is CCN(Cc1cccc(C)n1)C1(CN)CCCCC1. The van der Waals surface area contributed by atoms with Crippen LogP contribution >= 0.6 is 0 Å².